The molecule has 0 amide bonds. The largest absolute Gasteiger partial charge is 0.377 e. The summed E-state index contributed by atoms with van der Waals surface area (Å²) in [6, 6.07) is 4.16. The molecule has 0 aromatic carbocycles. The predicted molar refractivity (Wildman–Crippen MR) is 89.4 cm³/mol. The van der Waals surface area contributed by atoms with Crippen LogP contribution in [-0.4, -0.2) is 57.9 Å². The van der Waals surface area contributed by atoms with Gasteiger partial charge in [0.2, 0.25) is 0 Å². The van der Waals surface area contributed by atoms with E-state index in [9.17, 15) is 0 Å². The van der Waals surface area contributed by atoms with Gasteiger partial charge in [0, 0.05) is 56.9 Å². The molecular formula is C18H24N4O2. The molecule has 2 aromatic rings. The van der Waals surface area contributed by atoms with Crippen molar-refractivity contribution in [1.29, 1.82) is 0 Å². The van der Waals surface area contributed by atoms with Gasteiger partial charge in [0.05, 0.1) is 26.1 Å². The Morgan fingerprint density at radius 1 is 1.21 bits per heavy atom. The summed E-state index contributed by atoms with van der Waals surface area (Å²) in [4.78, 5) is 10.7. The summed E-state index contributed by atoms with van der Waals surface area (Å²) in [7, 11) is 0. The molecule has 24 heavy (non-hydrogen) atoms. The van der Waals surface area contributed by atoms with Crippen molar-refractivity contribution in [2.24, 2.45) is 5.92 Å². The van der Waals surface area contributed by atoms with Crippen molar-refractivity contribution < 1.29 is 9.47 Å². The van der Waals surface area contributed by atoms with Crippen LogP contribution in [0.2, 0.25) is 0 Å². The molecule has 4 rings (SSSR count). The second kappa shape index (κ2) is 7.01. The topological polar surface area (TPSA) is 52.4 Å². The van der Waals surface area contributed by atoms with E-state index in [0.29, 0.717) is 12.5 Å². The highest BCUT2D eigenvalue weighted by Crippen LogP contribution is 2.33. The van der Waals surface area contributed by atoms with Crippen molar-refractivity contribution in [2.45, 2.75) is 25.1 Å². The average Bonchev–Trinajstić information content (AvgIpc) is 3.19. The zero-order chi connectivity index (χ0) is 16.2. The molecule has 2 aliphatic heterocycles. The molecule has 6 heteroatoms. The number of aromatic nitrogens is 3. The van der Waals surface area contributed by atoms with Crippen LogP contribution >= 0.6 is 0 Å². The number of hydrogen-bond donors (Lipinski definition) is 0. The van der Waals surface area contributed by atoms with Gasteiger partial charge >= 0.3 is 0 Å². The highest BCUT2D eigenvalue weighted by atomic mass is 16.5. The Bertz CT molecular complexity index is 634. The minimum absolute atomic E-state index is 0.172. The fourth-order valence-corrected chi connectivity index (χ4v) is 3.82. The van der Waals surface area contributed by atoms with Crippen LogP contribution < -0.4 is 0 Å². The van der Waals surface area contributed by atoms with E-state index in [1.54, 1.807) is 0 Å². The van der Waals surface area contributed by atoms with Crippen molar-refractivity contribution >= 4 is 0 Å². The third-order valence-corrected chi connectivity index (χ3v) is 4.90. The number of pyridine rings is 1. The lowest BCUT2D eigenvalue weighted by atomic mass is 9.94. The highest BCUT2D eigenvalue weighted by molar-refractivity contribution is 5.10. The van der Waals surface area contributed by atoms with Crippen LogP contribution in [0, 0.1) is 5.92 Å². The van der Waals surface area contributed by atoms with Crippen molar-refractivity contribution in [3.8, 4) is 0 Å². The molecule has 2 aliphatic rings. The fraction of sp³-hybridized carbons (Fsp3) is 0.556. The van der Waals surface area contributed by atoms with Gasteiger partial charge in [-0.15, -0.1) is 0 Å². The first-order chi connectivity index (χ1) is 11.8. The van der Waals surface area contributed by atoms with E-state index in [4.69, 9.17) is 9.47 Å². The minimum atomic E-state index is -0.172. The highest BCUT2D eigenvalue weighted by Gasteiger charge is 2.43. The molecular weight excluding hydrogens is 304 g/mol. The first kappa shape index (κ1) is 15.7. The summed E-state index contributed by atoms with van der Waals surface area (Å²) < 4.78 is 14.3. The molecule has 0 N–H and O–H groups in total. The predicted octanol–water partition coefficient (Wildman–Crippen LogP) is 1.59. The summed E-state index contributed by atoms with van der Waals surface area (Å²) >= 11 is 0. The Balaban J connectivity index is 1.40. The van der Waals surface area contributed by atoms with Gasteiger partial charge in [-0.1, -0.05) is 0 Å². The van der Waals surface area contributed by atoms with Gasteiger partial charge in [0.1, 0.15) is 5.60 Å². The molecule has 2 aromatic heterocycles. The van der Waals surface area contributed by atoms with E-state index in [2.05, 4.69) is 31.6 Å². The maximum atomic E-state index is 6.28. The van der Waals surface area contributed by atoms with Gasteiger partial charge in [-0.25, -0.2) is 4.98 Å². The summed E-state index contributed by atoms with van der Waals surface area (Å²) in [5.74, 6) is 0.517. The smallest absolute Gasteiger partial charge is 0.104 e. The van der Waals surface area contributed by atoms with E-state index < -0.39 is 0 Å². The van der Waals surface area contributed by atoms with Gasteiger partial charge in [-0.2, -0.15) is 0 Å². The maximum absolute atomic E-state index is 6.28. The van der Waals surface area contributed by atoms with E-state index in [1.165, 1.54) is 5.56 Å². The SMILES string of the molecule is c1cc(CN2CCOC[C@@]3(C[C@@H](Cn4ccnc4)CO3)C2)ccn1. The number of rotatable bonds is 4. The van der Waals surface area contributed by atoms with Crippen LogP contribution in [-0.2, 0) is 22.6 Å². The first-order valence-corrected chi connectivity index (χ1v) is 8.60. The number of imidazole rings is 1. The van der Waals surface area contributed by atoms with Crippen LogP contribution in [0.5, 0.6) is 0 Å². The van der Waals surface area contributed by atoms with Crippen molar-refractivity contribution in [2.75, 3.05) is 32.9 Å². The van der Waals surface area contributed by atoms with E-state index >= 15 is 0 Å². The molecule has 6 nitrogen and oxygen atoms in total. The number of nitrogens with zero attached hydrogens (tertiary/aromatic N) is 4. The third kappa shape index (κ3) is 3.66. The summed E-state index contributed by atoms with van der Waals surface area (Å²) in [6.45, 7) is 6.01. The van der Waals surface area contributed by atoms with Gasteiger partial charge in [-0.3, -0.25) is 9.88 Å². The normalized spacial score (nSPS) is 28.2. The first-order valence-electron chi connectivity index (χ1n) is 8.60. The summed E-state index contributed by atoms with van der Waals surface area (Å²) in [5.41, 5.74) is 1.12. The zero-order valence-electron chi connectivity index (χ0n) is 13.9. The quantitative estimate of drug-likeness (QED) is 0.853. The van der Waals surface area contributed by atoms with E-state index in [1.807, 2.05) is 31.1 Å². The molecule has 2 saturated heterocycles. The lowest BCUT2D eigenvalue weighted by Crippen LogP contribution is -2.43. The minimum Gasteiger partial charge on any atom is -0.377 e. The lowest BCUT2D eigenvalue weighted by Gasteiger charge is -2.31. The third-order valence-electron chi connectivity index (χ3n) is 4.90. The molecule has 0 aliphatic carbocycles. The van der Waals surface area contributed by atoms with Crippen LogP contribution in [0.1, 0.15) is 12.0 Å². The van der Waals surface area contributed by atoms with Gasteiger partial charge < -0.3 is 14.0 Å². The Morgan fingerprint density at radius 3 is 2.96 bits per heavy atom. The Labute approximate surface area is 142 Å². The molecule has 0 radical (unpaired) electrons. The van der Waals surface area contributed by atoms with Gasteiger partial charge in [0.15, 0.2) is 0 Å². The molecule has 2 fully saturated rings. The van der Waals surface area contributed by atoms with Crippen LogP contribution in [0.25, 0.3) is 0 Å². The standard InChI is InChI=1S/C18H24N4O2/c1-3-19-4-2-16(1)10-21-7-8-23-14-18(13-21)9-17(12-24-18)11-22-6-5-20-15-22/h1-6,15,17H,7-14H2/t17-,18+/m0/s1. The fourth-order valence-electron chi connectivity index (χ4n) is 3.82. The van der Waals surface area contributed by atoms with E-state index in [-0.39, 0.29) is 5.60 Å². The monoisotopic (exact) mass is 328 g/mol. The maximum Gasteiger partial charge on any atom is 0.104 e. The average molecular weight is 328 g/mol. The second-order valence-corrected chi connectivity index (χ2v) is 6.94. The molecule has 0 unspecified atom stereocenters. The molecule has 2 atom stereocenters. The molecule has 128 valence electrons. The van der Waals surface area contributed by atoms with Crippen LogP contribution in [0.3, 0.4) is 0 Å². The van der Waals surface area contributed by atoms with Gasteiger partial charge in [0.25, 0.3) is 0 Å². The van der Waals surface area contributed by atoms with Crippen molar-refractivity contribution in [1.82, 2.24) is 19.4 Å². The van der Waals surface area contributed by atoms with Crippen molar-refractivity contribution in [3.05, 3.63) is 48.8 Å². The Morgan fingerprint density at radius 2 is 2.12 bits per heavy atom. The summed E-state index contributed by atoms with van der Waals surface area (Å²) in [6.07, 6.45) is 10.5. The molecule has 4 heterocycles. The Hall–Kier alpha value is -1.76. The Kier molecular flexibility index (Phi) is 4.60. The zero-order valence-corrected chi connectivity index (χ0v) is 13.9. The summed E-state index contributed by atoms with van der Waals surface area (Å²) in [5, 5.41) is 0. The molecule has 1 spiro atoms. The number of ether oxygens (including phenoxy) is 2. The van der Waals surface area contributed by atoms with Crippen LogP contribution in [0.4, 0.5) is 0 Å². The second-order valence-electron chi connectivity index (χ2n) is 6.94. The molecule has 0 bridgehead atoms. The number of hydrogen-bond acceptors (Lipinski definition) is 5. The van der Waals surface area contributed by atoms with Gasteiger partial charge in [-0.05, 0) is 24.1 Å². The van der Waals surface area contributed by atoms with Crippen LogP contribution in [0.15, 0.2) is 43.2 Å². The van der Waals surface area contributed by atoms with E-state index in [0.717, 1.165) is 45.8 Å². The van der Waals surface area contributed by atoms with Crippen molar-refractivity contribution in [3.63, 3.8) is 0 Å². The molecule has 0 saturated carbocycles. The lowest BCUT2D eigenvalue weighted by molar-refractivity contribution is -0.0563.